The number of carbonyl (C=O) groups excluding carboxylic acids is 2. The van der Waals surface area contributed by atoms with Crippen LogP contribution in [-0.2, 0) is 4.79 Å². The van der Waals surface area contributed by atoms with E-state index in [0.717, 1.165) is 5.56 Å². The number of ether oxygens (including phenoxy) is 1. The Morgan fingerprint density at radius 2 is 1.43 bits per heavy atom. The Morgan fingerprint density at radius 3 is 2.10 bits per heavy atom. The monoisotopic (exact) mass is 402 g/mol. The largest absolute Gasteiger partial charge is 0.489 e. The van der Waals surface area contributed by atoms with Gasteiger partial charge in [0.2, 0.25) is 5.91 Å². The molecule has 0 fully saturated rings. The molecule has 0 aliphatic rings. The Hall–Kier alpha value is -3.60. The fourth-order valence-electron chi connectivity index (χ4n) is 3.08. The molecule has 0 radical (unpaired) electrons. The highest BCUT2D eigenvalue weighted by Gasteiger charge is 2.20. The first-order valence-electron chi connectivity index (χ1n) is 9.99. The Kier molecular flexibility index (Phi) is 7.22. The number of carbonyl (C=O) groups is 2. The zero-order valence-corrected chi connectivity index (χ0v) is 17.2. The molecule has 3 aromatic rings. The van der Waals surface area contributed by atoms with E-state index in [1.54, 1.807) is 18.2 Å². The minimum absolute atomic E-state index is 0.00900. The van der Waals surface area contributed by atoms with Gasteiger partial charge in [-0.15, -0.1) is 0 Å². The fraction of sp³-hybridized carbons (Fsp3) is 0.200. The van der Waals surface area contributed by atoms with E-state index >= 15 is 0 Å². The normalized spacial score (nSPS) is 11.6. The van der Waals surface area contributed by atoms with Crippen molar-refractivity contribution in [3.05, 3.63) is 96.1 Å². The average Bonchev–Trinajstić information content (AvgIpc) is 2.75. The molecule has 0 aromatic heterocycles. The number of hydrogen-bond donors (Lipinski definition) is 2. The second-order valence-electron chi connectivity index (χ2n) is 7.22. The van der Waals surface area contributed by atoms with Gasteiger partial charge in [-0.25, -0.2) is 0 Å². The summed E-state index contributed by atoms with van der Waals surface area (Å²) < 4.78 is 5.77. The van der Waals surface area contributed by atoms with E-state index in [-0.39, 0.29) is 24.3 Å². The lowest BCUT2D eigenvalue weighted by Gasteiger charge is -2.20. The first kappa shape index (κ1) is 21.1. The van der Waals surface area contributed by atoms with Crippen LogP contribution in [0.4, 0.5) is 5.69 Å². The lowest BCUT2D eigenvalue weighted by atomic mass is 10.0. The molecule has 154 valence electrons. The quantitative estimate of drug-likeness (QED) is 0.559. The van der Waals surface area contributed by atoms with Crippen LogP contribution < -0.4 is 15.4 Å². The van der Waals surface area contributed by atoms with Crippen molar-refractivity contribution >= 4 is 17.5 Å². The van der Waals surface area contributed by atoms with Gasteiger partial charge < -0.3 is 15.4 Å². The van der Waals surface area contributed by atoms with Gasteiger partial charge in [-0.2, -0.15) is 0 Å². The highest BCUT2D eigenvalue weighted by molar-refractivity contribution is 5.96. The van der Waals surface area contributed by atoms with E-state index in [0.29, 0.717) is 17.0 Å². The van der Waals surface area contributed by atoms with E-state index in [2.05, 4.69) is 10.6 Å². The molecule has 0 saturated carbocycles. The third-order valence-electron chi connectivity index (χ3n) is 4.46. The van der Waals surface area contributed by atoms with Crippen molar-refractivity contribution in [3.63, 3.8) is 0 Å². The summed E-state index contributed by atoms with van der Waals surface area (Å²) >= 11 is 0. The van der Waals surface area contributed by atoms with Crippen LogP contribution in [0.3, 0.4) is 0 Å². The zero-order valence-electron chi connectivity index (χ0n) is 17.2. The van der Waals surface area contributed by atoms with Gasteiger partial charge in [-0.3, -0.25) is 9.59 Å². The van der Waals surface area contributed by atoms with E-state index in [1.807, 2.05) is 80.6 Å². The molecule has 2 N–H and O–H groups in total. The predicted octanol–water partition coefficient (Wildman–Crippen LogP) is 4.97. The summed E-state index contributed by atoms with van der Waals surface area (Å²) in [5, 5.41) is 5.90. The Balaban J connectivity index is 1.75. The summed E-state index contributed by atoms with van der Waals surface area (Å²) in [7, 11) is 0. The molecule has 0 bridgehead atoms. The third kappa shape index (κ3) is 5.95. The minimum atomic E-state index is -0.461. The van der Waals surface area contributed by atoms with Crippen LogP contribution in [0.25, 0.3) is 0 Å². The molecule has 1 atom stereocenters. The topological polar surface area (TPSA) is 67.4 Å². The molecule has 5 nitrogen and oxygen atoms in total. The van der Waals surface area contributed by atoms with Crippen LogP contribution >= 0.6 is 0 Å². The van der Waals surface area contributed by atoms with Gasteiger partial charge in [-0.05, 0) is 43.7 Å². The maximum absolute atomic E-state index is 12.8. The van der Waals surface area contributed by atoms with Crippen molar-refractivity contribution in [2.24, 2.45) is 0 Å². The zero-order chi connectivity index (χ0) is 21.3. The van der Waals surface area contributed by atoms with Gasteiger partial charge in [0.05, 0.1) is 24.3 Å². The molecular weight excluding hydrogens is 376 g/mol. The van der Waals surface area contributed by atoms with E-state index in [4.69, 9.17) is 4.74 Å². The summed E-state index contributed by atoms with van der Waals surface area (Å²) in [5.41, 5.74) is 2.02. The summed E-state index contributed by atoms with van der Waals surface area (Å²) in [6.07, 6.45) is 0.0868. The van der Waals surface area contributed by atoms with Gasteiger partial charge in [0.15, 0.2) is 0 Å². The van der Waals surface area contributed by atoms with Crippen molar-refractivity contribution in [2.75, 3.05) is 5.32 Å². The molecule has 0 heterocycles. The molecule has 5 heteroatoms. The van der Waals surface area contributed by atoms with Crippen molar-refractivity contribution in [1.29, 1.82) is 0 Å². The van der Waals surface area contributed by atoms with Crippen molar-refractivity contribution in [3.8, 4) is 5.75 Å². The Bertz CT molecular complexity index is 972. The highest BCUT2D eigenvalue weighted by Crippen LogP contribution is 2.26. The maximum Gasteiger partial charge on any atom is 0.251 e. The van der Waals surface area contributed by atoms with Crippen molar-refractivity contribution in [2.45, 2.75) is 32.4 Å². The Morgan fingerprint density at radius 1 is 0.833 bits per heavy atom. The number of rotatable bonds is 8. The second-order valence-corrected chi connectivity index (χ2v) is 7.22. The number of anilines is 1. The first-order chi connectivity index (χ1) is 14.5. The average molecular weight is 402 g/mol. The highest BCUT2D eigenvalue weighted by atomic mass is 16.5. The van der Waals surface area contributed by atoms with Gasteiger partial charge in [0.25, 0.3) is 5.91 Å². The summed E-state index contributed by atoms with van der Waals surface area (Å²) in [6, 6.07) is 25.3. The maximum atomic E-state index is 12.8. The van der Waals surface area contributed by atoms with Gasteiger partial charge in [0.1, 0.15) is 5.75 Å². The molecule has 3 rings (SSSR count). The van der Waals surface area contributed by atoms with E-state index < -0.39 is 6.04 Å². The van der Waals surface area contributed by atoms with Crippen molar-refractivity contribution in [1.82, 2.24) is 5.32 Å². The predicted molar refractivity (Wildman–Crippen MR) is 119 cm³/mol. The summed E-state index contributed by atoms with van der Waals surface area (Å²) in [5.74, 6) is 0.184. The smallest absolute Gasteiger partial charge is 0.251 e. The number of nitrogens with one attached hydrogen (secondary N) is 2. The third-order valence-corrected chi connectivity index (χ3v) is 4.46. The van der Waals surface area contributed by atoms with Gasteiger partial charge in [0, 0.05) is 5.56 Å². The van der Waals surface area contributed by atoms with Gasteiger partial charge >= 0.3 is 0 Å². The van der Waals surface area contributed by atoms with Crippen LogP contribution in [0.15, 0.2) is 84.9 Å². The molecule has 0 aliphatic heterocycles. The van der Waals surface area contributed by atoms with Crippen LogP contribution in [0.2, 0.25) is 0 Å². The van der Waals surface area contributed by atoms with E-state index in [9.17, 15) is 9.59 Å². The van der Waals surface area contributed by atoms with Crippen LogP contribution in [0.5, 0.6) is 5.75 Å². The molecule has 2 amide bonds. The molecule has 30 heavy (non-hydrogen) atoms. The molecule has 1 unspecified atom stereocenters. The minimum Gasteiger partial charge on any atom is -0.489 e. The number of para-hydroxylation sites is 2. The SMILES string of the molecule is CC(C)Oc1ccccc1NC(=O)CC(NC(=O)c1ccccc1)c1ccccc1. The molecule has 0 saturated heterocycles. The lowest BCUT2D eigenvalue weighted by Crippen LogP contribution is -2.31. The van der Waals surface area contributed by atoms with Crippen molar-refractivity contribution < 1.29 is 14.3 Å². The number of amides is 2. The fourth-order valence-corrected chi connectivity index (χ4v) is 3.08. The summed E-state index contributed by atoms with van der Waals surface area (Å²) in [6.45, 7) is 3.87. The first-order valence-corrected chi connectivity index (χ1v) is 9.99. The molecular formula is C25H26N2O3. The van der Waals surface area contributed by atoms with Crippen LogP contribution in [0, 0.1) is 0 Å². The number of hydrogen-bond acceptors (Lipinski definition) is 3. The van der Waals surface area contributed by atoms with E-state index in [1.165, 1.54) is 0 Å². The van der Waals surface area contributed by atoms with Crippen LogP contribution in [0.1, 0.15) is 42.2 Å². The lowest BCUT2D eigenvalue weighted by molar-refractivity contribution is -0.116. The molecule has 3 aromatic carbocycles. The standard InChI is InChI=1S/C25H26N2O3/c1-18(2)30-23-16-10-9-15-21(23)26-24(28)17-22(19-11-5-3-6-12-19)27-25(29)20-13-7-4-8-14-20/h3-16,18,22H,17H2,1-2H3,(H,26,28)(H,27,29). The van der Waals surface area contributed by atoms with Crippen LogP contribution in [-0.4, -0.2) is 17.9 Å². The van der Waals surface area contributed by atoms with Gasteiger partial charge in [-0.1, -0.05) is 60.7 Å². The second kappa shape index (κ2) is 10.3. The Labute approximate surface area is 177 Å². The summed E-state index contributed by atoms with van der Waals surface area (Å²) in [4.78, 5) is 25.5. The molecule has 0 spiro atoms. The number of benzene rings is 3. The molecule has 0 aliphatic carbocycles.